The Morgan fingerprint density at radius 3 is 2.50 bits per heavy atom. The zero-order valence-corrected chi connectivity index (χ0v) is 12.5. The van der Waals surface area contributed by atoms with Crippen molar-refractivity contribution < 1.29 is 13.2 Å². The van der Waals surface area contributed by atoms with E-state index in [1.165, 1.54) is 6.07 Å². The molecule has 0 aliphatic heterocycles. The molecule has 1 aromatic heterocycles. The summed E-state index contributed by atoms with van der Waals surface area (Å²) in [5, 5.41) is 2.64. The summed E-state index contributed by atoms with van der Waals surface area (Å²) < 4.78 is 25.7. The summed E-state index contributed by atoms with van der Waals surface area (Å²) in [4.78, 5) is 24.9. The third-order valence-electron chi connectivity index (χ3n) is 2.52. The fourth-order valence-corrected chi connectivity index (χ4v) is 2.97. The van der Waals surface area contributed by atoms with E-state index >= 15 is 0 Å². The van der Waals surface area contributed by atoms with Crippen LogP contribution in [0.2, 0.25) is 0 Å². The van der Waals surface area contributed by atoms with Crippen molar-refractivity contribution in [3.05, 3.63) is 28.7 Å². The molecule has 2 N–H and O–H groups in total. The van der Waals surface area contributed by atoms with Crippen molar-refractivity contribution >= 4 is 15.9 Å². The second kappa shape index (κ2) is 6.67. The minimum atomic E-state index is -3.80. The Labute approximate surface area is 118 Å². The van der Waals surface area contributed by atoms with Gasteiger partial charge in [0.1, 0.15) is 0 Å². The zero-order chi connectivity index (χ0) is 15.3. The number of hydrogen-bond acceptors (Lipinski definition) is 4. The van der Waals surface area contributed by atoms with Gasteiger partial charge in [0.15, 0.2) is 0 Å². The highest BCUT2D eigenvalue weighted by Crippen LogP contribution is 2.12. The van der Waals surface area contributed by atoms with Crippen LogP contribution < -0.4 is 10.9 Å². The number of carbonyl (C=O) groups is 1. The quantitative estimate of drug-likeness (QED) is 0.767. The van der Waals surface area contributed by atoms with E-state index in [9.17, 15) is 18.0 Å². The number of carbonyl (C=O) groups excluding carboxylic acids is 1. The van der Waals surface area contributed by atoms with Gasteiger partial charge in [-0.2, -0.15) is 4.31 Å². The number of amides is 1. The normalized spacial score (nSPS) is 11.8. The van der Waals surface area contributed by atoms with Crippen LogP contribution in [0.15, 0.2) is 28.0 Å². The number of aromatic amines is 1. The largest absolute Gasteiger partial charge is 0.353 e. The number of nitrogens with one attached hydrogen (secondary N) is 2. The van der Waals surface area contributed by atoms with Crippen LogP contribution in [-0.2, 0) is 14.8 Å². The van der Waals surface area contributed by atoms with Gasteiger partial charge in [-0.15, -0.1) is 0 Å². The van der Waals surface area contributed by atoms with Crippen molar-refractivity contribution in [2.75, 3.05) is 13.1 Å². The summed E-state index contributed by atoms with van der Waals surface area (Å²) in [5.41, 5.74) is -0.385. The Bertz CT molecular complexity index is 601. The van der Waals surface area contributed by atoms with Gasteiger partial charge in [0, 0.05) is 24.8 Å². The Morgan fingerprint density at radius 1 is 1.40 bits per heavy atom. The van der Waals surface area contributed by atoms with Gasteiger partial charge in [-0.3, -0.25) is 9.59 Å². The molecule has 1 heterocycles. The predicted molar refractivity (Wildman–Crippen MR) is 74.8 cm³/mol. The number of sulfonamides is 1. The smallest absolute Gasteiger partial charge is 0.247 e. The molecular weight excluding hydrogens is 282 g/mol. The Morgan fingerprint density at radius 2 is 2.05 bits per heavy atom. The molecule has 20 heavy (non-hydrogen) atoms. The molecule has 112 valence electrons. The van der Waals surface area contributed by atoms with E-state index in [-0.39, 0.29) is 35.5 Å². The topological polar surface area (TPSA) is 99.3 Å². The molecule has 0 saturated heterocycles. The van der Waals surface area contributed by atoms with E-state index in [1.54, 1.807) is 20.8 Å². The maximum absolute atomic E-state index is 12.3. The highest BCUT2D eigenvalue weighted by atomic mass is 32.2. The highest BCUT2D eigenvalue weighted by molar-refractivity contribution is 7.89. The number of pyridine rings is 1. The third kappa shape index (κ3) is 4.17. The Hall–Kier alpha value is -1.67. The average molecular weight is 301 g/mol. The Kier molecular flexibility index (Phi) is 5.46. The van der Waals surface area contributed by atoms with Crippen LogP contribution in [0.25, 0.3) is 0 Å². The van der Waals surface area contributed by atoms with Gasteiger partial charge in [0.25, 0.3) is 0 Å². The summed E-state index contributed by atoms with van der Waals surface area (Å²) in [5.74, 6) is -0.366. The molecule has 0 unspecified atom stereocenters. The first-order valence-electron chi connectivity index (χ1n) is 6.25. The second-order valence-electron chi connectivity index (χ2n) is 4.54. The highest BCUT2D eigenvalue weighted by Gasteiger charge is 2.25. The van der Waals surface area contributed by atoms with Crippen molar-refractivity contribution in [2.24, 2.45) is 0 Å². The molecule has 0 aromatic carbocycles. The zero-order valence-electron chi connectivity index (χ0n) is 11.7. The molecule has 0 bridgehead atoms. The minimum absolute atomic E-state index is 0.0451. The molecule has 0 radical (unpaired) electrons. The summed E-state index contributed by atoms with van der Waals surface area (Å²) >= 11 is 0. The van der Waals surface area contributed by atoms with E-state index in [2.05, 4.69) is 10.3 Å². The molecule has 7 nitrogen and oxygen atoms in total. The van der Waals surface area contributed by atoms with Crippen LogP contribution in [-0.4, -0.2) is 42.7 Å². The summed E-state index contributed by atoms with van der Waals surface area (Å²) in [6.07, 6.45) is 1.13. The van der Waals surface area contributed by atoms with Crippen LogP contribution >= 0.6 is 0 Å². The lowest BCUT2D eigenvalue weighted by Gasteiger charge is -2.20. The van der Waals surface area contributed by atoms with E-state index in [1.807, 2.05) is 0 Å². The Balaban J connectivity index is 2.95. The van der Waals surface area contributed by atoms with Gasteiger partial charge in [0.2, 0.25) is 21.5 Å². The van der Waals surface area contributed by atoms with Crippen LogP contribution in [0.3, 0.4) is 0 Å². The fourth-order valence-electron chi connectivity index (χ4n) is 1.60. The van der Waals surface area contributed by atoms with E-state index in [4.69, 9.17) is 0 Å². The number of hydrogen-bond donors (Lipinski definition) is 2. The monoisotopic (exact) mass is 301 g/mol. The van der Waals surface area contributed by atoms with Crippen LogP contribution in [0, 0.1) is 0 Å². The molecular formula is C12H19N3O4S. The lowest BCUT2D eigenvalue weighted by Crippen LogP contribution is -2.42. The van der Waals surface area contributed by atoms with Crippen molar-refractivity contribution in [3.63, 3.8) is 0 Å². The van der Waals surface area contributed by atoms with Crippen molar-refractivity contribution in [1.29, 1.82) is 0 Å². The number of aromatic nitrogens is 1. The van der Waals surface area contributed by atoms with Crippen molar-refractivity contribution in [2.45, 2.75) is 31.7 Å². The number of likely N-dealkylation sites (N-methyl/N-ethyl adjacent to an activating group) is 1. The van der Waals surface area contributed by atoms with Gasteiger partial charge in [0.05, 0.1) is 11.4 Å². The lowest BCUT2D eigenvalue weighted by atomic mass is 10.4. The summed E-state index contributed by atoms with van der Waals surface area (Å²) in [6.45, 7) is 5.14. The maximum atomic E-state index is 12.3. The van der Waals surface area contributed by atoms with Gasteiger partial charge in [-0.05, 0) is 19.9 Å². The first-order valence-corrected chi connectivity index (χ1v) is 7.69. The SMILES string of the molecule is CCN(CC(=O)NC(C)C)S(=O)(=O)c1ccc(=O)[nH]c1. The molecule has 1 rings (SSSR count). The van der Waals surface area contributed by atoms with Crippen molar-refractivity contribution in [1.82, 2.24) is 14.6 Å². The molecule has 1 amide bonds. The van der Waals surface area contributed by atoms with Crippen molar-refractivity contribution in [3.8, 4) is 0 Å². The van der Waals surface area contributed by atoms with Gasteiger partial charge in [-0.1, -0.05) is 6.92 Å². The molecule has 0 atom stereocenters. The van der Waals surface area contributed by atoms with Crippen LogP contribution in [0.4, 0.5) is 0 Å². The summed E-state index contributed by atoms with van der Waals surface area (Å²) in [7, 11) is -3.80. The van der Waals surface area contributed by atoms with Gasteiger partial charge < -0.3 is 10.3 Å². The molecule has 0 spiro atoms. The molecule has 0 saturated carbocycles. The molecule has 0 fully saturated rings. The standard InChI is InChI=1S/C12H19N3O4S/c1-4-15(8-12(17)14-9(2)3)20(18,19)10-5-6-11(16)13-7-10/h5-7,9H,4,8H2,1-3H3,(H,13,16)(H,14,17). The second-order valence-corrected chi connectivity index (χ2v) is 6.48. The van der Waals surface area contributed by atoms with E-state index in [0.717, 1.165) is 16.6 Å². The number of nitrogens with zero attached hydrogens (tertiary/aromatic N) is 1. The summed E-state index contributed by atoms with van der Waals surface area (Å²) in [6, 6.07) is 2.29. The van der Waals surface area contributed by atoms with Crippen LogP contribution in [0.1, 0.15) is 20.8 Å². The molecule has 0 aliphatic carbocycles. The molecule has 0 aliphatic rings. The number of H-pyrrole nitrogens is 1. The first kappa shape index (κ1) is 16.4. The average Bonchev–Trinajstić information content (AvgIpc) is 2.35. The fraction of sp³-hybridized carbons (Fsp3) is 0.500. The molecule has 8 heteroatoms. The molecule has 1 aromatic rings. The predicted octanol–water partition coefficient (Wildman–Crippen LogP) is -0.0899. The lowest BCUT2D eigenvalue weighted by molar-refractivity contribution is -0.121. The van der Waals surface area contributed by atoms with Crippen LogP contribution in [0.5, 0.6) is 0 Å². The van der Waals surface area contributed by atoms with E-state index < -0.39 is 10.0 Å². The maximum Gasteiger partial charge on any atom is 0.247 e. The first-order chi connectivity index (χ1) is 9.27. The minimum Gasteiger partial charge on any atom is -0.353 e. The van der Waals surface area contributed by atoms with E-state index in [0.29, 0.717) is 0 Å². The van der Waals surface area contributed by atoms with Gasteiger partial charge in [-0.25, -0.2) is 8.42 Å². The third-order valence-corrected chi connectivity index (χ3v) is 4.43. The number of rotatable bonds is 6. The van der Waals surface area contributed by atoms with Gasteiger partial charge >= 0.3 is 0 Å².